The van der Waals surface area contributed by atoms with Crippen LogP contribution < -0.4 is 4.90 Å². The molecule has 188 valence electrons. The molecule has 1 fully saturated rings. The van der Waals surface area contributed by atoms with Crippen molar-refractivity contribution in [1.82, 2.24) is 24.5 Å². The van der Waals surface area contributed by atoms with Crippen LogP contribution >= 0.6 is 11.6 Å². The second-order valence-corrected chi connectivity index (χ2v) is 10.2. The maximum Gasteiger partial charge on any atom is 0.279 e. The third-order valence-electron chi connectivity index (χ3n) is 7.48. The SMILES string of the molecule is Cc1cc(N2C(=O)c3nc(C4=CCOCC4)n(C4COC4)c3C2c2ccc(Cl)cc2)cc2c1nnn2C. The Labute approximate surface area is 218 Å². The van der Waals surface area contributed by atoms with Crippen LogP contribution in [0.5, 0.6) is 0 Å². The Hall–Kier alpha value is -3.53. The highest BCUT2D eigenvalue weighted by molar-refractivity contribution is 6.30. The summed E-state index contributed by atoms with van der Waals surface area (Å²) in [6.07, 6.45) is 2.83. The Morgan fingerprint density at radius 3 is 2.62 bits per heavy atom. The number of carbonyl (C=O) groups is 1. The van der Waals surface area contributed by atoms with Gasteiger partial charge in [-0.1, -0.05) is 35.0 Å². The van der Waals surface area contributed by atoms with E-state index in [1.807, 2.05) is 55.3 Å². The van der Waals surface area contributed by atoms with Crippen molar-refractivity contribution in [2.24, 2.45) is 7.05 Å². The molecule has 2 aromatic carbocycles. The van der Waals surface area contributed by atoms with E-state index in [-0.39, 0.29) is 18.0 Å². The molecular formula is C27H25ClN6O3. The molecule has 37 heavy (non-hydrogen) atoms. The molecule has 1 atom stereocenters. The quantitative estimate of drug-likeness (QED) is 0.403. The molecule has 10 heteroatoms. The first-order valence-electron chi connectivity index (χ1n) is 12.4. The van der Waals surface area contributed by atoms with Crippen LogP contribution in [-0.4, -0.2) is 56.9 Å². The van der Waals surface area contributed by atoms with Crippen molar-refractivity contribution in [2.75, 3.05) is 31.3 Å². The Bertz CT molecular complexity index is 1580. The Kier molecular flexibility index (Phi) is 5.21. The summed E-state index contributed by atoms with van der Waals surface area (Å²) in [4.78, 5) is 21.0. The van der Waals surface area contributed by atoms with Crippen molar-refractivity contribution in [3.63, 3.8) is 0 Å². The van der Waals surface area contributed by atoms with Gasteiger partial charge in [0, 0.05) is 17.8 Å². The van der Waals surface area contributed by atoms with Gasteiger partial charge >= 0.3 is 0 Å². The monoisotopic (exact) mass is 516 g/mol. The molecule has 0 bridgehead atoms. The van der Waals surface area contributed by atoms with E-state index in [2.05, 4.69) is 21.0 Å². The number of amides is 1. The van der Waals surface area contributed by atoms with Crippen molar-refractivity contribution >= 4 is 39.8 Å². The maximum absolute atomic E-state index is 14.2. The van der Waals surface area contributed by atoms with E-state index in [1.54, 1.807) is 4.68 Å². The Morgan fingerprint density at radius 2 is 1.92 bits per heavy atom. The van der Waals surface area contributed by atoms with Crippen molar-refractivity contribution in [2.45, 2.75) is 25.4 Å². The second kappa shape index (κ2) is 8.51. The van der Waals surface area contributed by atoms with E-state index in [1.165, 1.54) is 0 Å². The lowest BCUT2D eigenvalue weighted by Gasteiger charge is -2.34. The molecule has 7 rings (SSSR count). The van der Waals surface area contributed by atoms with Crippen LogP contribution in [0.25, 0.3) is 16.6 Å². The van der Waals surface area contributed by atoms with Crippen LogP contribution in [0, 0.1) is 6.92 Å². The number of nitrogens with zero attached hydrogens (tertiary/aromatic N) is 6. The smallest absolute Gasteiger partial charge is 0.279 e. The first-order chi connectivity index (χ1) is 18.0. The molecule has 5 heterocycles. The van der Waals surface area contributed by atoms with Gasteiger partial charge < -0.3 is 14.0 Å². The molecule has 4 aromatic rings. The number of aromatic nitrogens is 5. The number of hydrogen-bond acceptors (Lipinski definition) is 6. The first-order valence-corrected chi connectivity index (χ1v) is 12.7. The lowest BCUT2D eigenvalue weighted by molar-refractivity contribution is -0.0249. The second-order valence-electron chi connectivity index (χ2n) is 9.76. The van der Waals surface area contributed by atoms with Gasteiger partial charge in [-0.3, -0.25) is 9.69 Å². The number of fused-ring (bicyclic) bond motifs is 2. The zero-order chi connectivity index (χ0) is 25.3. The number of halogens is 1. The Balaban J connectivity index is 1.46. The van der Waals surface area contributed by atoms with E-state index < -0.39 is 0 Å². The van der Waals surface area contributed by atoms with E-state index in [0.717, 1.165) is 51.4 Å². The van der Waals surface area contributed by atoms with Crippen LogP contribution in [-0.2, 0) is 16.5 Å². The van der Waals surface area contributed by atoms with Crippen molar-refractivity contribution < 1.29 is 14.3 Å². The van der Waals surface area contributed by atoms with Gasteiger partial charge in [-0.25, -0.2) is 9.67 Å². The summed E-state index contributed by atoms with van der Waals surface area (Å²) in [5, 5.41) is 9.11. The molecule has 0 saturated carbocycles. The maximum atomic E-state index is 14.2. The Morgan fingerprint density at radius 1 is 1.11 bits per heavy atom. The summed E-state index contributed by atoms with van der Waals surface area (Å²) < 4.78 is 15.1. The lowest BCUT2D eigenvalue weighted by atomic mass is 10.0. The highest BCUT2D eigenvalue weighted by atomic mass is 35.5. The summed E-state index contributed by atoms with van der Waals surface area (Å²) in [7, 11) is 1.86. The number of ether oxygens (including phenoxy) is 2. The fourth-order valence-corrected chi connectivity index (χ4v) is 5.68. The third-order valence-corrected chi connectivity index (χ3v) is 7.73. The molecule has 1 saturated heterocycles. The predicted octanol–water partition coefficient (Wildman–Crippen LogP) is 4.25. The molecule has 1 unspecified atom stereocenters. The predicted molar refractivity (Wildman–Crippen MR) is 139 cm³/mol. The molecule has 0 spiro atoms. The molecule has 9 nitrogen and oxygen atoms in total. The molecule has 0 N–H and O–H groups in total. The fraction of sp³-hybridized carbons (Fsp3) is 0.333. The molecule has 3 aliphatic heterocycles. The molecule has 2 aromatic heterocycles. The van der Waals surface area contributed by atoms with Gasteiger partial charge in [-0.2, -0.15) is 0 Å². The number of carbonyl (C=O) groups excluding carboxylic acids is 1. The number of imidazole rings is 1. The topological polar surface area (TPSA) is 87.3 Å². The fourth-order valence-electron chi connectivity index (χ4n) is 5.55. The van der Waals surface area contributed by atoms with Gasteiger partial charge in [-0.15, -0.1) is 5.10 Å². The summed E-state index contributed by atoms with van der Waals surface area (Å²) >= 11 is 6.26. The minimum Gasteiger partial charge on any atom is -0.377 e. The molecule has 3 aliphatic rings. The first kappa shape index (κ1) is 22.7. The minimum absolute atomic E-state index is 0.114. The van der Waals surface area contributed by atoms with E-state index in [0.29, 0.717) is 37.1 Å². The van der Waals surface area contributed by atoms with Gasteiger partial charge in [0.15, 0.2) is 5.69 Å². The molecule has 0 radical (unpaired) electrons. The van der Waals surface area contributed by atoms with E-state index in [4.69, 9.17) is 26.1 Å². The standard InChI is InChI=1S/C27H25ClN6O3/c1-15-11-19(12-21-22(15)30-31-32(21)2)34-24(16-3-5-18(28)6-4-16)25-23(27(34)35)29-26(17-7-9-36-10-8-17)33(25)20-13-37-14-20/h3-7,11-12,20,24H,8-10,13-14H2,1-2H3. The zero-order valence-electron chi connectivity index (χ0n) is 20.5. The zero-order valence-corrected chi connectivity index (χ0v) is 21.3. The van der Waals surface area contributed by atoms with Gasteiger partial charge in [-0.05, 0) is 54.3 Å². The highest BCUT2D eigenvalue weighted by Crippen LogP contribution is 2.46. The van der Waals surface area contributed by atoms with E-state index in [9.17, 15) is 4.79 Å². The van der Waals surface area contributed by atoms with Crippen LogP contribution in [0.3, 0.4) is 0 Å². The molecular weight excluding hydrogens is 492 g/mol. The molecule has 0 aliphatic carbocycles. The van der Waals surface area contributed by atoms with Crippen molar-refractivity contribution in [3.8, 4) is 0 Å². The van der Waals surface area contributed by atoms with Crippen LogP contribution in [0.4, 0.5) is 5.69 Å². The number of anilines is 1. The van der Waals surface area contributed by atoms with Crippen molar-refractivity contribution in [1.29, 1.82) is 0 Å². The summed E-state index contributed by atoms with van der Waals surface area (Å²) in [5.74, 6) is 0.716. The minimum atomic E-state index is -0.375. The number of benzene rings is 2. The number of hydrogen-bond donors (Lipinski definition) is 0. The third kappa shape index (κ3) is 3.45. The van der Waals surface area contributed by atoms with Crippen LogP contribution in [0.2, 0.25) is 5.02 Å². The highest BCUT2D eigenvalue weighted by Gasteiger charge is 2.46. The van der Waals surface area contributed by atoms with Gasteiger partial charge in [0.25, 0.3) is 5.91 Å². The lowest BCUT2D eigenvalue weighted by Crippen LogP contribution is -2.35. The summed E-state index contributed by atoms with van der Waals surface area (Å²) in [6.45, 7) is 4.36. The van der Waals surface area contributed by atoms with Gasteiger partial charge in [0.2, 0.25) is 0 Å². The van der Waals surface area contributed by atoms with Gasteiger partial charge in [0.1, 0.15) is 17.4 Å². The average molecular weight is 517 g/mol. The van der Waals surface area contributed by atoms with E-state index >= 15 is 0 Å². The molecule has 1 amide bonds. The van der Waals surface area contributed by atoms with Crippen molar-refractivity contribution in [3.05, 3.63) is 75.8 Å². The normalized spacial score (nSPS) is 19.9. The summed E-state index contributed by atoms with van der Waals surface area (Å²) in [6, 6.07) is 11.4. The average Bonchev–Trinajstić information content (AvgIpc) is 3.52. The summed E-state index contributed by atoms with van der Waals surface area (Å²) in [5.41, 5.74) is 6.87. The number of aryl methyl sites for hydroxylation is 2. The van der Waals surface area contributed by atoms with Gasteiger partial charge in [0.05, 0.1) is 43.7 Å². The van der Waals surface area contributed by atoms with Crippen LogP contribution in [0.1, 0.15) is 51.6 Å². The number of rotatable bonds is 4. The van der Waals surface area contributed by atoms with Crippen LogP contribution in [0.15, 0.2) is 42.5 Å². The largest absolute Gasteiger partial charge is 0.377 e.